The van der Waals surface area contributed by atoms with Gasteiger partial charge in [-0.3, -0.25) is 4.79 Å². The van der Waals surface area contributed by atoms with Gasteiger partial charge in [0.15, 0.2) is 11.5 Å². The second-order valence-corrected chi connectivity index (χ2v) is 7.80. The predicted molar refractivity (Wildman–Crippen MR) is 127 cm³/mol. The topological polar surface area (TPSA) is 47.6 Å². The van der Waals surface area contributed by atoms with Gasteiger partial charge in [-0.15, -0.1) is 0 Å². The Morgan fingerprint density at radius 2 is 1.61 bits per heavy atom. The number of methoxy groups -OCH3 is 1. The van der Waals surface area contributed by atoms with E-state index in [0.29, 0.717) is 27.1 Å². The van der Waals surface area contributed by atoms with Crippen LogP contribution in [0.5, 0.6) is 11.5 Å². The standard InChI is InChI=1S/C25H23Cl2NO3/c1-16-6-4-7-17(2)25(16)28-24(29)13-11-18-10-12-22(23(14-18)30-3)31-15-19-20(26)8-5-9-21(19)27/h4-14H,15H2,1-3H3,(H,28,29)/b13-11+. The first kappa shape index (κ1) is 22.7. The van der Waals surface area contributed by atoms with Crippen LogP contribution in [-0.2, 0) is 11.4 Å². The van der Waals surface area contributed by atoms with Gasteiger partial charge in [0.1, 0.15) is 6.61 Å². The molecule has 0 radical (unpaired) electrons. The summed E-state index contributed by atoms with van der Waals surface area (Å²) in [4.78, 5) is 12.4. The summed E-state index contributed by atoms with van der Waals surface area (Å²) in [6, 6.07) is 16.6. The summed E-state index contributed by atoms with van der Waals surface area (Å²) in [5.74, 6) is 0.890. The van der Waals surface area contributed by atoms with E-state index in [0.717, 1.165) is 22.4 Å². The van der Waals surface area contributed by atoms with E-state index in [-0.39, 0.29) is 12.5 Å². The second kappa shape index (κ2) is 10.4. The number of ether oxygens (including phenoxy) is 2. The summed E-state index contributed by atoms with van der Waals surface area (Å²) < 4.78 is 11.3. The number of amides is 1. The van der Waals surface area contributed by atoms with Gasteiger partial charge in [0.2, 0.25) is 5.91 Å². The number of carbonyl (C=O) groups is 1. The Labute approximate surface area is 192 Å². The third kappa shape index (κ3) is 5.81. The summed E-state index contributed by atoms with van der Waals surface area (Å²) in [6.45, 7) is 4.14. The highest BCUT2D eigenvalue weighted by molar-refractivity contribution is 6.35. The Hall–Kier alpha value is -2.95. The molecule has 0 atom stereocenters. The maximum Gasteiger partial charge on any atom is 0.248 e. The van der Waals surface area contributed by atoms with Gasteiger partial charge in [0.05, 0.1) is 7.11 Å². The van der Waals surface area contributed by atoms with Crippen LogP contribution in [0.25, 0.3) is 6.08 Å². The highest BCUT2D eigenvalue weighted by atomic mass is 35.5. The molecular formula is C25H23Cl2NO3. The fraction of sp³-hybridized carbons (Fsp3) is 0.160. The van der Waals surface area contributed by atoms with Crippen LogP contribution in [0.1, 0.15) is 22.3 Å². The number of para-hydroxylation sites is 1. The number of anilines is 1. The van der Waals surface area contributed by atoms with E-state index in [1.807, 2.05) is 38.1 Å². The molecule has 160 valence electrons. The van der Waals surface area contributed by atoms with Gasteiger partial charge in [-0.25, -0.2) is 0 Å². The average molecular weight is 456 g/mol. The number of halogens is 2. The van der Waals surface area contributed by atoms with Crippen molar-refractivity contribution in [3.63, 3.8) is 0 Å². The lowest BCUT2D eigenvalue weighted by atomic mass is 10.1. The minimum Gasteiger partial charge on any atom is -0.493 e. The third-order valence-corrected chi connectivity index (χ3v) is 5.49. The minimum absolute atomic E-state index is 0.204. The lowest BCUT2D eigenvalue weighted by Crippen LogP contribution is -2.10. The highest BCUT2D eigenvalue weighted by Gasteiger charge is 2.10. The molecule has 0 aromatic heterocycles. The number of carbonyl (C=O) groups excluding carboxylic acids is 1. The lowest BCUT2D eigenvalue weighted by molar-refractivity contribution is -0.111. The summed E-state index contributed by atoms with van der Waals surface area (Å²) in [7, 11) is 1.56. The molecule has 1 amide bonds. The molecule has 3 rings (SSSR count). The van der Waals surface area contributed by atoms with E-state index in [4.69, 9.17) is 32.7 Å². The van der Waals surface area contributed by atoms with E-state index in [1.54, 1.807) is 43.5 Å². The Bertz CT molecular complexity index is 1090. The Balaban J connectivity index is 1.70. The monoisotopic (exact) mass is 455 g/mol. The molecule has 0 saturated heterocycles. The Kier molecular flexibility index (Phi) is 7.61. The zero-order valence-electron chi connectivity index (χ0n) is 17.5. The first-order valence-electron chi connectivity index (χ1n) is 9.68. The fourth-order valence-electron chi connectivity index (χ4n) is 3.08. The number of rotatable bonds is 7. The van der Waals surface area contributed by atoms with E-state index >= 15 is 0 Å². The molecule has 6 heteroatoms. The van der Waals surface area contributed by atoms with Gasteiger partial charge in [-0.2, -0.15) is 0 Å². The van der Waals surface area contributed by atoms with Crippen LogP contribution in [0.15, 0.2) is 60.7 Å². The molecule has 0 saturated carbocycles. The summed E-state index contributed by atoms with van der Waals surface area (Å²) in [5.41, 5.74) is 4.38. The molecule has 0 heterocycles. The molecule has 0 fully saturated rings. The van der Waals surface area contributed by atoms with E-state index in [1.165, 1.54) is 6.08 Å². The maximum atomic E-state index is 12.4. The van der Waals surface area contributed by atoms with Crippen molar-refractivity contribution in [1.29, 1.82) is 0 Å². The molecule has 0 spiro atoms. The van der Waals surface area contributed by atoms with Crippen LogP contribution in [0.2, 0.25) is 10.0 Å². The molecule has 4 nitrogen and oxygen atoms in total. The molecule has 0 bridgehead atoms. The third-order valence-electron chi connectivity index (χ3n) is 4.78. The number of hydrogen-bond acceptors (Lipinski definition) is 3. The van der Waals surface area contributed by atoms with Gasteiger partial charge in [-0.1, -0.05) is 53.5 Å². The quantitative estimate of drug-likeness (QED) is 0.396. The van der Waals surface area contributed by atoms with Gasteiger partial charge >= 0.3 is 0 Å². The first-order chi connectivity index (χ1) is 14.9. The van der Waals surface area contributed by atoms with E-state index < -0.39 is 0 Å². The van der Waals surface area contributed by atoms with Crippen LogP contribution in [0, 0.1) is 13.8 Å². The van der Waals surface area contributed by atoms with Gasteiger partial charge < -0.3 is 14.8 Å². The van der Waals surface area contributed by atoms with E-state index in [2.05, 4.69) is 5.32 Å². The molecule has 0 aliphatic carbocycles. The summed E-state index contributed by atoms with van der Waals surface area (Å²) in [6.07, 6.45) is 3.21. The molecule has 0 unspecified atom stereocenters. The largest absolute Gasteiger partial charge is 0.493 e. The van der Waals surface area contributed by atoms with Crippen LogP contribution < -0.4 is 14.8 Å². The van der Waals surface area contributed by atoms with Crippen LogP contribution in [0.4, 0.5) is 5.69 Å². The van der Waals surface area contributed by atoms with Crippen molar-refractivity contribution >= 4 is 40.9 Å². The minimum atomic E-state index is -0.204. The number of nitrogens with one attached hydrogen (secondary N) is 1. The van der Waals surface area contributed by atoms with Crippen molar-refractivity contribution in [3.05, 3.63) is 93.0 Å². The molecule has 0 aliphatic rings. The lowest BCUT2D eigenvalue weighted by Gasteiger charge is -2.13. The highest BCUT2D eigenvalue weighted by Crippen LogP contribution is 2.31. The molecule has 1 N–H and O–H groups in total. The maximum absolute atomic E-state index is 12.4. The van der Waals surface area contributed by atoms with Crippen molar-refractivity contribution in [3.8, 4) is 11.5 Å². The number of aryl methyl sites for hydroxylation is 2. The zero-order valence-corrected chi connectivity index (χ0v) is 19.1. The molecule has 31 heavy (non-hydrogen) atoms. The van der Waals surface area contributed by atoms with Crippen molar-refractivity contribution in [2.45, 2.75) is 20.5 Å². The van der Waals surface area contributed by atoms with Crippen LogP contribution in [-0.4, -0.2) is 13.0 Å². The van der Waals surface area contributed by atoms with Crippen LogP contribution >= 0.6 is 23.2 Å². The SMILES string of the molecule is COc1cc(/C=C/C(=O)Nc2c(C)cccc2C)ccc1OCc1c(Cl)cccc1Cl. The summed E-state index contributed by atoms with van der Waals surface area (Å²) >= 11 is 12.4. The smallest absolute Gasteiger partial charge is 0.248 e. The second-order valence-electron chi connectivity index (χ2n) is 6.99. The normalized spacial score (nSPS) is 10.9. The van der Waals surface area contributed by atoms with Crippen LogP contribution in [0.3, 0.4) is 0 Å². The van der Waals surface area contributed by atoms with Crippen molar-refractivity contribution in [2.75, 3.05) is 12.4 Å². The molecular weight excluding hydrogens is 433 g/mol. The van der Waals surface area contributed by atoms with Crippen molar-refractivity contribution < 1.29 is 14.3 Å². The Morgan fingerprint density at radius 3 is 2.26 bits per heavy atom. The number of benzene rings is 3. The Morgan fingerprint density at radius 1 is 0.968 bits per heavy atom. The van der Waals surface area contributed by atoms with Gasteiger partial charge in [0, 0.05) is 27.4 Å². The first-order valence-corrected chi connectivity index (χ1v) is 10.4. The van der Waals surface area contributed by atoms with E-state index in [9.17, 15) is 4.79 Å². The zero-order chi connectivity index (χ0) is 22.4. The predicted octanol–water partition coefficient (Wildman–Crippen LogP) is 6.85. The van der Waals surface area contributed by atoms with Gasteiger partial charge in [0.25, 0.3) is 0 Å². The molecule has 3 aromatic rings. The van der Waals surface area contributed by atoms with Gasteiger partial charge in [-0.05, 0) is 60.9 Å². The molecule has 3 aromatic carbocycles. The molecule has 0 aliphatic heterocycles. The summed E-state index contributed by atoms with van der Waals surface area (Å²) in [5, 5.41) is 4.02. The van der Waals surface area contributed by atoms with Crippen molar-refractivity contribution in [1.82, 2.24) is 0 Å². The number of hydrogen-bond donors (Lipinski definition) is 1. The average Bonchev–Trinajstić information content (AvgIpc) is 2.75. The fourth-order valence-corrected chi connectivity index (χ4v) is 3.58. The van der Waals surface area contributed by atoms with Crippen molar-refractivity contribution in [2.24, 2.45) is 0 Å².